The van der Waals surface area contributed by atoms with E-state index in [0.717, 1.165) is 15.8 Å². The highest BCUT2D eigenvalue weighted by molar-refractivity contribution is 7.85. The van der Waals surface area contributed by atoms with Gasteiger partial charge in [-0.3, -0.25) is 9.35 Å². The summed E-state index contributed by atoms with van der Waals surface area (Å²) in [7, 11) is -4.09. The summed E-state index contributed by atoms with van der Waals surface area (Å²) >= 11 is 1.54. The maximum Gasteiger partial charge on any atom is 0.268 e. The molecule has 126 valence electrons. The molecule has 0 aliphatic carbocycles. The van der Waals surface area contributed by atoms with Crippen molar-refractivity contribution in [3.05, 3.63) is 59.1 Å². The van der Waals surface area contributed by atoms with Gasteiger partial charge in [0.25, 0.3) is 16.0 Å². The van der Waals surface area contributed by atoms with Gasteiger partial charge in [-0.05, 0) is 23.1 Å². The van der Waals surface area contributed by atoms with E-state index < -0.39 is 15.9 Å². The van der Waals surface area contributed by atoms with Gasteiger partial charge in [0.15, 0.2) is 0 Å². The Hall–Kier alpha value is -2.16. The van der Waals surface area contributed by atoms with Gasteiger partial charge in [0, 0.05) is 13.1 Å². The number of fused-ring (bicyclic) bond motifs is 1. The number of aromatic nitrogens is 1. The lowest BCUT2D eigenvalue weighted by Gasteiger charge is -2.10. The normalized spacial score (nSPS) is 11.7. The van der Waals surface area contributed by atoms with E-state index >= 15 is 0 Å². The molecule has 0 saturated heterocycles. The molecule has 0 saturated carbocycles. The van der Waals surface area contributed by atoms with Crippen LogP contribution in [0.5, 0.6) is 0 Å². The van der Waals surface area contributed by atoms with Crippen LogP contribution < -0.4 is 5.32 Å². The van der Waals surface area contributed by atoms with Crippen molar-refractivity contribution in [2.75, 3.05) is 12.3 Å². The van der Waals surface area contributed by atoms with Gasteiger partial charge in [-0.2, -0.15) is 8.42 Å². The fourth-order valence-corrected chi connectivity index (χ4v) is 3.67. The molecule has 8 heteroatoms. The second kappa shape index (κ2) is 6.76. The second-order valence-electron chi connectivity index (χ2n) is 5.31. The first kappa shape index (κ1) is 16.7. The smallest absolute Gasteiger partial charge is 0.268 e. The number of nitrogens with zero attached hydrogens (tertiary/aromatic N) is 1. The molecule has 1 amide bonds. The van der Waals surface area contributed by atoms with Crippen molar-refractivity contribution in [1.29, 1.82) is 0 Å². The Morgan fingerprint density at radius 1 is 1.21 bits per heavy atom. The quantitative estimate of drug-likeness (QED) is 0.657. The Bertz CT molecular complexity index is 959. The third-order valence-corrected chi connectivity index (χ3v) is 5.16. The van der Waals surface area contributed by atoms with Crippen LogP contribution in [0.15, 0.2) is 47.8 Å². The zero-order chi connectivity index (χ0) is 17.2. The van der Waals surface area contributed by atoms with Crippen molar-refractivity contribution in [2.24, 2.45) is 0 Å². The van der Waals surface area contributed by atoms with Gasteiger partial charge < -0.3 is 9.88 Å². The Kier molecular flexibility index (Phi) is 4.70. The van der Waals surface area contributed by atoms with Crippen LogP contribution >= 0.6 is 11.3 Å². The van der Waals surface area contributed by atoms with Crippen molar-refractivity contribution in [3.8, 4) is 0 Å². The number of hydrogen-bond donors (Lipinski definition) is 2. The Balaban J connectivity index is 1.86. The molecule has 24 heavy (non-hydrogen) atoms. The average molecular weight is 364 g/mol. The van der Waals surface area contributed by atoms with Gasteiger partial charge in [-0.25, -0.2) is 0 Å². The molecule has 3 aromatic rings. The number of hydrogen-bond acceptors (Lipinski definition) is 4. The average Bonchev–Trinajstić information content (AvgIpc) is 3.10. The largest absolute Gasteiger partial charge is 0.350 e. The number of carbonyl (C=O) groups excluding carboxylic acids is 1. The lowest BCUT2D eigenvalue weighted by Crippen LogP contribution is -2.30. The SMILES string of the molecule is O=C(NCCS(=O)(=O)O)c1cc2sccc2n1Cc1ccccc1. The van der Waals surface area contributed by atoms with Crippen LogP contribution in [0.3, 0.4) is 0 Å². The summed E-state index contributed by atoms with van der Waals surface area (Å²) in [6.07, 6.45) is 0. The molecule has 2 aromatic heterocycles. The standard InChI is InChI=1S/C16H16N2O4S2/c19-16(17-7-9-24(20,21)22)14-10-15-13(6-8-23-15)18(14)11-12-4-2-1-3-5-12/h1-6,8,10H,7,9,11H2,(H,17,19)(H,20,21,22). The van der Waals surface area contributed by atoms with Gasteiger partial charge in [-0.15, -0.1) is 11.3 Å². The fourth-order valence-electron chi connectivity index (χ4n) is 2.49. The predicted molar refractivity (Wildman–Crippen MR) is 94.1 cm³/mol. The third kappa shape index (κ3) is 3.84. The lowest BCUT2D eigenvalue weighted by molar-refractivity contribution is 0.0947. The summed E-state index contributed by atoms with van der Waals surface area (Å²) in [6, 6.07) is 13.5. The molecule has 1 aromatic carbocycles. The van der Waals surface area contributed by atoms with Gasteiger partial charge in [-0.1, -0.05) is 30.3 Å². The first-order valence-electron chi connectivity index (χ1n) is 7.28. The number of benzene rings is 1. The van der Waals surface area contributed by atoms with Crippen LogP contribution in [0.25, 0.3) is 10.2 Å². The molecule has 0 atom stereocenters. The maximum atomic E-state index is 12.4. The van der Waals surface area contributed by atoms with E-state index in [4.69, 9.17) is 4.55 Å². The first-order chi connectivity index (χ1) is 11.4. The Labute approximate surface area is 143 Å². The van der Waals surface area contributed by atoms with Crippen LogP contribution in [-0.4, -0.2) is 35.7 Å². The van der Waals surface area contributed by atoms with Crippen molar-refractivity contribution in [2.45, 2.75) is 6.54 Å². The molecule has 2 N–H and O–H groups in total. The van der Waals surface area contributed by atoms with E-state index in [1.807, 2.05) is 46.3 Å². The molecule has 0 unspecified atom stereocenters. The van der Waals surface area contributed by atoms with E-state index in [9.17, 15) is 13.2 Å². The highest BCUT2D eigenvalue weighted by atomic mass is 32.2. The zero-order valence-electron chi connectivity index (χ0n) is 12.7. The predicted octanol–water partition coefficient (Wildman–Crippen LogP) is 2.37. The summed E-state index contributed by atoms with van der Waals surface area (Å²) in [6.45, 7) is 0.407. The van der Waals surface area contributed by atoms with Crippen molar-refractivity contribution >= 4 is 37.6 Å². The molecule has 0 spiro atoms. The minimum atomic E-state index is -4.09. The van der Waals surface area contributed by atoms with Gasteiger partial charge in [0.1, 0.15) is 5.69 Å². The van der Waals surface area contributed by atoms with Crippen LogP contribution in [0, 0.1) is 0 Å². The molecule has 0 radical (unpaired) electrons. The van der Waals surface area contributed by atoms with Crippen LogP contribution in [-0.2, 0) is 16.7 Å². The summed E-state index contributed by atoms with van der Waals surface area (Å²) in [5, 5.41) is 4.50. The minimum absolute atomic E-state index is 0.137. The number of nitrogens with one attached hydrogen (secondary N) is 1. The number of carbonyl (C=O) groups is 1. The summed E-state index contributed by atoms with van der Waals surface area (Å²) in [4.78, 5) is 12.4. The number of thiophene rings is 1. The molecular formula is C16H16N2O4S2. The highest BCUT2D eigenvalue weighted by Crippen LogP contribution is 2.26. The molecule has 6 nitrogen and oxygen atoms in total. The van der Waals surface area contributed by atoms with E-state index in [-0.39, 0.29) is 12.5 Å². The van der Waals surface area contributed by atoms with E-state index in [2.05, 4.69) is 5.32 Å². The van der Waals surface area contributed by atoms with Crippen molar-refractivity contribution in [3.63, 3.8) is 0 Å². The van der Waals surface area contributed by atoms with E-state index in [0.29, 0.717) is 12.2 Å². The maximum absolute atomic E-state index is 12.4. The highest BCUT2D eigenvalue weighted by Gasteiger charge is 2.17. The number of amides is 1. The molecule has 0 bridgehead atoms. The second-order valence-corrected chi connectivity index (χ2v) is 7.83. The molecule has 0 aliphatic heterocycles. The van der Waals surface area contributed by atoms with Crippen molar-refractivity contribution in [1.82, 2.24) is 9.88 Å². The lowest BCUT2D eigenvalue weighted by atomic mass is 10.2. The zero-order valence-corrected chi connectivity index (χ0v) is 14.3. The third-order valence-electron chi connectivity index (χ3n) is 3.58. The summed E-state index contributed by atoms with van der Waals surface area (Å²) in [5.41, 5.74) is 2.49. The first-order valence-corrected chi connectivity index (χ1v) is 9.77. The molecule has 0 fully saturated rings. The van der Waals surface area contributed by atoms with Crippen LogP contribution in [0.1, 0.15) is 16.1 Å². The molecule has 3 rings (SSSR count). The van der Waals surface area contributed by atoms with Gasteiger partial charge >= 0.3 is 0 Å². The molecule has 2 heterocycles. The monoisotopic (exact) mass is 364 g/mol. The van der Waals surface area contributed by atoms with E-state index in [1.54, 1.807) is 17.4 Å². The molecular weight excluding hydrogens is 348 g/mol. The van der Waals surface area contributed by atoms with Gasteiger partial charge in [0.2, 0.25) is 0 Å². The van der Waals surface area contributed by atoms with E-state index in [1.165, 1.54) is 0 Å². The fraction of sp³-hybridized carbons (Fsp3) is 0.188. The number of rotatable bonds is 6. The Morgan fingerprint density at radius 3 is 2.67 bits per heavy atom. The minimum Gasteiger partial charge on any atom is -0.350 e. The molecule has 0 aliphatic rings. The van der Waals surface area contributed by atoms with Crippen LogP contribution in [0.2, 0.25) is 0 Å². The topological polar surface area (TPSA) is 88.4 Å². The Morgan fingerprint density at radius 2 is 1.96 bits per heavy atom. The van der Waals surface area contributed by atoms with Crippen molar-refractivity contribution < 1.29 is 17.8 Å². The summed E-state index contributed by atoms with van der Waals surface area (Å²) in [5.74, 6) is -0.870. The summed E-state index contributed by atoms with van der Waals surface area (Å²) < 4.78 is 33.2. The van der Waals surface area contributed by atoms with Crippen LogP contribution in [0.4, 0.5) is 0 Å². The van der Waals surface area contributed by atoms with Gasteiger partial charge in [0.05, 0.1) is 16.0 Å².